The van der Waals surface area contributed by atoms with Gasteiger partial charge < -0.3 is 24.2 Å². The number of aryl methyl sites for hydroxylation is 1. The van der Waals surface area contributed by atoms with Crippen molar-refractivity contribution in [1.29, 1.82) is 0 Å². The van der Waals surface area contributed by atoms with Crippen molar-refractivity contribution < 1.29 is 52.2 Å². The number of hydrogen-bond donors (Lipinski definition) is 3. The first-order valence-corrected chi connectivity index (χ1v) is 16.4. The van der Waals surface area contributed by atoms with E-state index in [0.29, 0.717) is 11.2 Å². The van der Waals surface area contributed by atoms with E-state index in [1.54, 1.807) is 24.6 Å². The van der Waals surface area contributed by atoms with Crippen LogP contribution in [0.3, 0.4) is 0 Å². The molecule has 0 bridgehead atoms. The van der Waals surface area contributed by atoms with Crippen LogP contribution in [0.4, 0.5) is 0 Å². The minimum absolute atomic E-state index is 0.0881. The lowest BCUT2D eigenvalue weighted by molar-refractivity contribution is -0.191. The molecule has 0 radical (unpaired) electrons. The Bertz CT molecular complexity index is 1170. The predicted octanol–water partition coefficient (Wildman–Crippen LogP) is 1.77. The van der Waals surface area contributed by atoms with Gasteiger partial charge in [-0.25, -0.2) is 9.36 Å². The van der Waals surface area contributed by atoms with Gasteiger partial charge in [0.1, 0.15) is 29.8 Å². The molecular formula is C23H37N2O13PS2. The summed E-state index contributed by atoms with van der Waals surface area (Å²) < 4.78 is 41.1. The number of aromatic nitrogens is 2. The Hall–Kier alpha value is -1.78. The van der Waals surface area contributed by atoms with Crippen LogP contribution in [0, 0.1) is 12.3 Å². The molecule has 3 unspecified atom stereocenters. The molecule has 1 aromatic rings. The molecule has 0 saturated carbocycles. The van der Waals surface area contributed by atoms with E-state index in [-0.39, 0.29) is 37.8 Å². The van der Waals surface area contributed by atoms with Crippen molar-refractivity contribution in [3.63, 3.8) is 0 Å². The van der Waals surface area contributed by atoms with Crippen LogP contribution in [0.25, 0.3) is 0 Å². The molecule has 5 atom stereocenters. The summed E-state index contributed by atoms with van der Waals surface area (Å²) in [5, 5.41) is 10.1. The number of hydrogen-bond acceptors (Lipinski definition) is 14. The number of carbonyl (C=O) groups is 1. The Morgan fingerprint density at radius 1 is 1.32 bits per heavy atom. The second kappa shape index (κ2) is 18.0. The number of aliphatic hydroxyl groups excluding tert-OH is 1. The topological polar surface area (TPSA) is 210 Å². The highest BCUT2D eigenvalue weighted by Crippen LogP contribution is 2.49. The second-order valence-corrected chi connectivity index (χ2v) is 13.4. The summed E-state index contributed by atoms with van der Waals surface area (Å²) in [7, 11) is -1.68. The van der Waals surface area contributed by atoms with Gasteiger partial charge in [-0.05, 0) is 20.3 Å². The van der Waals surface area contributed by atoms with Crippen LogP contribution in [0.5, 0.6) is 0 Å². The molecule has 15 nitrogen and oxygen atoms in total. The number of H-pyrrole nitrogens is 1. The van der Waals surface area contributed by atoms with Crippen LogP contribution in [0.1, 0.15) is 52.3 Å². The molecule has 2 heterocycles. The third-order valence-corrected chi connectivity index (χ3v) is 9.37. The van der Waals surface area contributed by atoms with Crippen molar-refractivity contribution in [3.8, 4) is 0 Å². The van der Waals surface area contributed by atoms with Crippen LogP contribution in [0.15, 0.2) is 15.8 Å². The monoisotopic (exact) mass is 644 g/mol. The van der Waals surface area contributed by atoms with Crippen LogP contribution in [-0.4, -0.2) is 81.5 Å². The standard InChI is InChI=1S/C22H37N2O11PS2.CO2/c1-6-22(20(27)32-7-2,11-31-13-37-38-14(3)4)12-33-36(29,30)35-16-8-18(34-17(16)10-25)24-9-15(5)19(26)23-21(24)28;2-1-3/h9,14,16-18,25H,6-8,10-13H2,1-5H3,(H,29,30)(H,23,26,28);/t16?,17-,18-,22?;/m1./s1. The average molecular weight is 645 g/mol. The van der Waals surface area contributed by atoms with Gasteiger partial charge in [-0.2, -0.15) is 9.59 Å². The van der Waals surface area contributed by atoms with Crippen LogP contribution in [0.2, 0.25) is 0 Å². The van der Waals surface area contributed by atoms with E-state index in [9.17, 15) is 28.9 Å². The highest BCUT2D eigenvalue weighted by Gasteiger charge is 2.45. The fraction of sp³-hybridized carbons (Fsp3) is 0.739. The second-order valence-electron chi connectivity index (χ2n) is 9.08. The maximum atomic E-state index is 12.9. The van der Waals surface area contributed by atoms with Crippen molar-refractivity contribution in [1.82, 2.24) is 9.55 Å². The number of ether oxygens (including phenoxy) is 3. The van der Waals surface area contributed by atoms with Crippen molar-refractivity contribution in [3.05, 3.63) is 32.6 Å². The Labute approximate surface area is 244 Å². The quantitative estimate of drug-likeness (QED) is 0.0770. The molecule has 1 fully saturated rings. The Kier molecular flexibility index (Phi) is 16.4. The summed E-state index contributed by atoms with van der Waals surface area (Å²) in [6.07, 6.45) is -1.48. The molecule has 1 aliphatic heterocycles. The van der Waals surface area contributed by atoms with Gasteiger partial charge in [0.15, 0.2) is 0 Å². The lowest BCUT2D eigenvalue weighted by atomic mass is 9.87. The summed E-state index contributed by atoms with van der Waals surface area (Å²) in [6.45, 7) is 7.87. The minimum atomic E-state index is -4.77. The number of esters is 1. The number of aromatic amines is 1. The van der Waals surface area contributed by atoms with Gasteiger partial charge >= 0.3 is 25.6 Å². The van der Waals surface area contributed by atoms with E-state index in [1.165, 1.54) is 23.9 Å². The highest BCUT2D eigenvalue weighted by molar-refractivity contribution is 8.76. The number of nitrogens with zero attached hydrogens (tertiary/aromatic N) is 1. The molecule has 18 heteroatoms. The molecule has 0 amide bonds. The molecule has 1 aliphatic rings. The number of carbonyl (C=O) groups excluding carboxylic acids is 3. The van der Waals surface area contributed by atoms with Crippen molar-refractivity contribution in [2.24, 2.45) is 5.41 Å². The lowest BCUT2D eigenvalue weighted by Gasteiger charge is -2.30. The molecule has 1 aromatic heterocycles. The SMILES string of the molecule is CCOC(=O)C(CC)(COCSSC(C)C)COP(=O)(O)OC1C[C@H](n2cc(C)c(=O)[nH]c2=O)O[C@@H]1CO.O=C=O. The first-order valence-electron chi connectivity index (χ1n) is 12.6. The molecule has 1 saturated heterocycles. The van der Waals surface area contributed by atoms with E-state index in [2.05, 4.69) is 4.98 Å². The molecule has 41 heavy (non-hydrogen) atoms. The van der Waals surface area contributed by atoms with Crippen LogP contribution < -0.4 is 11.2 Å². The van der Waals surface area contributed by atoms with Crippen LogP contribution >= 0.6 is 29.4 Å². The third-order valence-electron chi connectivity index (χ3n) is 5.74. The molecule has 0 aromatic carbocycles. The van der Waals surface area contributed by atoms with E-state index in [0.717, 1.165) is 4.57 Å². The van der Waals surface area contributed by atoms with Gasteiger partial charge in [0.05, 0.1) is 26.4 Å². The normalized spacial score (nSPS) is 21.3. The highest BCUT2D eigenvalue weighted by atomic mass is 33.1. The maximum Gasteiger partial charge on any atom is 0.472 e. The lowest BCUT2D eigenvalue weighted by Crippen LogP contribution is -2.41. The van der Waals surface area contributed by atoms with Crippen molar-refractivity contribution >= 4 is 41.5 Å². The molecule has 2 rings (SSSR count). The average Bonchev–Trinajstić information content (AvgIpc) is 3.30. The smallest absolute Gasteiger partial charge is 0.465 e. The van der Waals surface area contributed by atoms with E-state index in [4.69, 9.17) is 32.8 Å². The Morgan fingerprint density at radius 2 is 1.98 bits per heavy atom. The zero-order chi connectivity index (χ0) is 31.2. The van der Waals surface area contributed by atoms with E-state index in [1.807, 2.05) is 13.8 Å². The molecule has 0 spiro atoms. The number of aliphatic hydroxyl groups is 1. The fourth-order valence-corrected chi connectivity index (χ4v) is 6.28. The number of rotatable bonds is 16. The first kappa shape index (κ1) is 37.2. The van der Waals surface area contributed by atoms with Gasteiger partial charge in [-0.15, -0.1) is 0 Å². The van der Waals surface area contributed by atoms with Gasteiger partial charge in [-0.1, -0.05) is 42.4 Å². The summed E-state index contributed by atoms with van der Waals surface area (Å²) in [5.74, 6) is -0.339. The minimum Gasteiger partial charge on any atom is -0.465 e. The summed E-state index contributed by atoms with van der Waals surface area (Å²) in [6, 6.07) is 0. The largest absolute Gasteiger partial charge is 0.472 e. The number of phosphoric acid groups is 1. The fourth-order valence-electron chi connectivity index (χ4n) is 3.58. The molecule has 3 N–H and O–H groups in total. The molecule has 0 aliphatic carbocycles. The van der Waals surface area contributed by atoms with Gasteiger partial charge in [0.25, 0.3) is 5.56 Å². The third kappa shape index (κ3) is 11.8. The predicted molar refractivity (Wildman–Crippen MR) is 148 cm³/mol. The summed E-state index contributed by atoms with van der Waals surface area (Å²) >= 11 is 0. The summed E-state index contributed by atoms with van der Waals surface area (Å²) in [4.78, 5) is 65.6. The van der Waals surface area contributed by atoms with Gasteiger partial charge in [0, 0.05) is 23.4 Å². The Balaban J connectivity index is 0.00000268. The molecular weight excluding hydrogens is 607 g/mol. The Morgan fingerprint density at radius 3 is 2.54 bits per heavy atom. The zero-order valence-corrected chi connectivity index (χ0v) is 26.0. The maximum absolute atomic E-state index is 12.9. The first-order chi connectivity index (χ1) is 19.3. The van der Waals surface area contributed by atoms with E-state index >= 15 is 0 Å². The van der Waals surface area contributed by atoms with Gasteiger partial charge in [-0.3, -0.25) is 28.2 Å². The van der Waals surface area contributed by atoms with Crippen LogP contribution in [-0.2, 0) is 42.2 Å². The zero-order valence-electron chi connectivity index (χ0n) is 23.4. The number of phosphoric ester groups is 1. The summed E-state index contributed by atoms with van der Waals surface area (Å²) in [5.41, 5.74) is -2.38. The van der Waals surface area contributed by atoms with Crippen molar-refractivity contribution in [2.45, 2.75) is 71.1 Å². The molecule has 234 valence electrons. The van der Waals surface area contributed by atoms with Gasteiger partial charge in [0.2, 0.25) is 0 Å². The number of nitrogens with one attached hydrogen (secondary N) is 1. The van der Waals surface area contributed by atoms with E-state index < -0.39 is 62.1 Å². The van der Waals surface area contributed by atoms with Crippen molar-refractivity contribution in [2.75, 3.05) is 32.4 Å².